The van der Waals surface area contributed by atoms with E-state index in [-0.39, 0.29) is 5.75 Å². The van der Waals surface area contributed by atoms with E-state index in [0.29, 0.717) is 10.8 Å². The van der Waals surface area contributed by atoms with Crippen LogP contribution in [-0.2, 0) is 6.42 Å². The lowest BCUT2D eigenvalue weighted by Gasteiger charge is -2.11. The van der Waals surface area contributed by atoms with E-state index in [1.807, 2.05) is 7.05 Å². The Bertz CT molecular complexity index is 315. The van der Waals surface area contributed by atoms with Crippen LogP contribution >= 0.6 is 11.6 Å². The van der Waals surface area contributed by atoms with Crippen molar-refractivity contribution in [2.75, 3.05) is 20.7 Å². The van der Waals surface area contributed by atoms with Crippen LogP contribution in [0, 0.1) is 0 Å². The first-order chi connectivity index (χ1) is 6.70. The summed E-state index contributed by atoms with van der Waals surface area (Å²) < 4.78 is 5.09. The second-order valence-corrected chi connectivity index (χ2v) is 3.34. The van der Waals surface area contributed by atoms with Gasteiger partial charge in [-0.25, -0.2) is 0 Å². The minimum Gasteiger partial charge on any atom is -0.504 e. The highest BCUT2D eigenvalue weighted by atomic mass is 35.5. The van der Waals surface area contributed by atoms with E-state index >= 15 is 0 Å². The summed E-state index contributed by atoms with van der Waals surface area (Å²) in [5, 5.41) is 13.1. The van der Waals surface area contributed by atoms with Crippen LogP contribution in [0.4, 0.5) is 0 Å². The molecule has 3 nitrogen and oxygen atoms in total. The molecule has 1 aromatic rings. The fraction of sp³-hybridized carbons (Fsp3) is 0.400. The number of aromatic hydroxyl groups is 1. The van der Waals surface area contributed by atoms with Crippen molar-refractivity contribution in [3.8, 4) is 11.5 Å². The van der Waals surface area contributed by atoms with E-state index in [4.69, 9.17) is 16.3 Å². The summed E-state index contributed by atoms with van der Waals surface area (Å²) in [4.78, 5) is 0. The maximum Gasteiger partial charge on any atom is 0.165 e. The van der Waals surface area contributed by atoms with Gasteiger partial charge in [-0.05, 0) is 32.1 Å². The third kappa shape index (κ3) is 2.30. The van der Waals surface area contributed by atoms with Gasteiger partial charge in [0, 0.05) is 10.6 Å². The number of halogens is 1. The van der Waals surface area contributed by atoms with Gasteiger partial charge in [0.25, 0.3) is 0 Å². The lowest BCUT2D eigenvalue weighted by atomic mass is 10.1. The Morgan fingerprint density at radius 3 is 2.79 bits per heavy atom. The number of phenolic OH excluding ortho intramolecular Hbond substituents is 1. The van der Waals surface area contributed by atoms with Crippen molar-refractivity contribution in [3.05, 3.63) is 22.7 Å². The minimum atomic E-state index is 0.128. The van der Waals surface area contributed by atoms with Crippen LogP contribution in [0.5, 0.6) is 11.5 Å². The Morgan fingerprint density at radius 1 is 1.50 bits per heavy atom. The van der Waals surface area contributed by atoms with Crippen LogP contribution in [0.1, 0.15) is 5.56 Å². The van der Waals surface area contributed by atoms with E-state index in [1.165, 1.54) is 13.2 Å². The lowest BCUT2D eigenvalue weighted by molar-refractivity contribution is 0.369. The van der Waals surface area contributed by atoms with E-state index < -0.39 is 0 Å². The van der Waals surface area contributed by atoms with Crippen molar-refractivity contribution in [2.45, 2.75) is 6.42 Å². The molecule has 4 heteroatoms. The summed E-state index contributed by atoms with van der Waals surface area (Å²) in [6.45, 7) is 0.791. The van der Waals surface area contributed by atoms with Crippen LogP contribution < -0.4 is 10.1 Å². The van der Waals surface area contributed by atoms with Crippen LogP contribution in [0.3, 0.4) is 0 Å². The molecule has 0 saturated carbocycles. The van der Waals surface area contributed by atoms with E-state index in [2.05, 4.69) is 5.32 Å². The molecule has 78 valence electrons. The molecule has 0 aliphatic carbocycles. The first-order valence-electron chi connectivity index (χ1n) is 4.39. The Kier molecular flexibility index (Phi) is 4.04. The maximum atomic E-state index is 9.51. The molecule has 1 aromatic carbocycles. The zero-order valence-electron chi connectivity index (χ0n) is 8.30. The first-order valence-corrected chi connectivity index (χ1v) is 4.77. The normalized spacial score (nSPS) is 10.2. The van der Waals surface area contributed by atoms with Crippen molar-refractivity contribution >= 4 is 11.6 Å². The van der Waals surface area contributed by atoms with Gasteiger partial charge in [-0.15, -0.1) is 0 Å². The van der Waals surface area contributed by atoms with Gasteiger partial charge in [0.2, 0.25) is 0 Å². The fourth-order valence-electron chi connectivity index (χ4n) is 1.30. The van der Waals surface area contributed by atoms with Gasteiger partial charge >= 0.3 is 0 Å². The third-order valence-corrected chi connectivity index (χ3v) is 2.37. The Labute approximate surface area is 88.7 Å². The fourth-order valence-corrected chi connectivity index (χ4v) is 1.55. The molecule has 0 aliphatic heterocycles. The number of benzene rings is 1. The molecule has 0 unspecified atom stereocenters. The molecule has 14 heavy (non-hydrogen) atoms. The Balaban J connectivity index is 3.03. The molecule has 0 bridgehead atoms. The average molecular weight is 216 g/mol. The molecule has 0 atom stereocenters. The quantitative estimate of drug-likeness (QED) is 0.805. The number of ether oxygens (including phenoxy) is 1. The Morgan fingerprint density at radius 2 is 2.21 bits per heavy atom. The molecule has 0 radical (unpaired) electrons. The topological polar surface area (TPSA) is 41.5 Å². The molecule has 2 N–H and O–H groups in total. The molecule has 0 aliphatic rings. The number of nitrogens with one attached hydrogen (secondary N) is 1. The van der Waals surface area contributed by atoms with Crippen LogP contribution in [-0.4, -0.2) is 25.8 Å². The van der Waals surface area contributed by atoms with Gasteiger partial charge in [-0.3, -0.25) is 0 Å². The highest BCUT2D eigenvalue weighted by molar-refractivity contribution is 6.31. The molecule has 0 aromatic heterocycles. The van der Waals surface area contributed by atoms with Gasteiger partial charge in [0.05, 0.1) is 7.11 Å². The number of hydrogen-bond donors (Lipinski definition) is 2. The highest BCUT2D eigenvalue weighted by Gasteiger charge is 2.11. The van der Waals surface area contributed by atoms with Crippen molar-refractivity contribution < 1.29 is 9.84 Å². The summed E-state index contributed by atoms with van der Waals surface area (Å²) >= 11 is 6.00. The number of methoxy groups -OCH3 is 1. The summed E-state index contributed by atoms with van der Waals surface area (Å²) in [6.07, 6.45) is 0.729. The van der Waals surface area contributed by atoms with Crippen LogP contribution in [0.15, 0.2) is 12.1 Å². The summed E-state index contributed by atoms with van der Waals surface area (Å²) in [6, 6.07) is 3.20. The molecule has 0 spiro atoms. The zero-order valence-corrected chi connectivity index (χ0v) is 9.06. The minimum absolute atomic E-state index is 0.128. The average Bonchev–Trinajstić information content (AvgIpc) is 2.19. The Hall–Kier alpha value is -0.930. The molecule has 0 amide bonds. The van der Waals surface area contributed by atoms with Gasteiger partial charge < -0.3 is 15.2 Å². The number of hydrogen-bond acceptors (Lipinski definition) is 3. The number of rotatable bonds is 4. The third-order valence-electron chi connectivity index (χ3n) is 2.01. The van der Waals surface area contributed by atoms with Crippen molar-refractivity contribution in [1.82, 2.24) is 5.32 Å². The SMILES string of the molecule is CNCCc1c(Cl)ccc(O)c1OC. The van der Waals surface area contributed by atoms with E-state index in [0.717, 1.165) is 18.5 Å². The summed E-state index contributed by atoms with van der Waals surface area (Å²) in [5.74, 6) is 0.593. The number of likely N-dealkylation sites (N-methyl/N-ethyl adjacent to an activating group) is 1. The monoisotopic (exact) mass is 215 g/mol. The van der Waals surface area contributed by atoms with Crippen molar-refractivity contribution in [3.63, 3.8) is 0 Å². The van der Waals surface area contributed by atoms with Gasteiger partial charge in [-0.2, -0.15) is 0 Å². The standard InChI is InChI=1S/C10H14ClNO2/c1-12-6-5-7-8(11)3-4-9(13)10(7)14-2/h3-4,12-13H,5-6H2,1-2H3. The van der Waals surface area contributed by atoms with Crippen LogP contribution in [0.2, 0.25) is 5.02 Å². The highest BCUT2D eigenvalue weighted by Crippen LogP contribution is 2.35. The summed E-state index contributed by atoms with van der Waals surface area (Å²) in [7, 11) is 3.39. The van der Waals surface area contributed by atoms with Gasteiger partial charge in [0.15, 0.2) is 11.5 Å². The molecule has 0 heterocycles. The van der Waals surface area contributed by atoms with E-state index in [1.54, 1.807) is 6.07 Å². The molecular weight excluding hydrogens is 202 g/mol. The predicted molar refractivity (Wildman–Crippen MR) is 57.3 cm³/mol. The smallest absolute Gasteiger partial charge is 0.165 e. The molecule has 0 saturated heterocycles. The van der Waals surface area contributed by atoms with E-state index in [9.17, 15) is 5.11 Å². The maximum absolute atomic E-state index is 9.51. The van der Waals surface area contributed by atoms with Crippen molar-refractivity contribution in [1.29, 1.82) is 0 Å². The molecule has 0 fully saturated rings. The second kappa shape index (κ2) is 5.08. The lowest BCUT2D eigenvalue weighted by Crippen LogP contribution is -2.11. The van der Waals surface area contributed by atoms with Crippen molar-refractivity contribution in [2.24, 2.45) is 0 Å². The second-order valence-electron chi connectivity index (χ2n) is 2.93. The van der Waals surface area contributed by atoms with Gasteiger partial charge in [0.1, 0.15) is 0 Å². The zero-order chi connectivity index (χ0) is 10.6. The predicted octanol–water partition coefficient (Wildman–Crippen LogP) is 1.82. The summed E-state index contributed by atoms with van der Waals surface area (Å²) in [5.41, 5.74) is 0.837. The first kappa shape index (κ1) is 11.1. The number of phenols is 1. The van der Waals surface area contributed by atoms with Crippen LogP contribution in [0.25, 0.3) is 0 Å². The largest absolute Gasteiger partial charge is 0.504 e. The van der Waals surface area contributed by atoms with Gasteiger partial charge in [-0.1, -0.05) is 11.6 Å². The molecule has 1 rings (SSSR count). The molecular formula is C10H14ClNO2.